The molecular formula is C15H15N5O2S. The molecule has 3 aromatic heterocycles. The maximum Gasteiger partial charge on any atom is 0.265 e. The number of hydrogen-bond donors (Lipinski definition) is 1. The van der Waals surface area contributed by atoms with Gasteiger partial charge in [-0.2, -0.15) is 0 Å². The standard InChI is InChI=1S/C15H15N5O2S/c1-2-4-10-14(23-20-19-10)15(21)18-9-11-13(17-7-6-16-11)12-5-3-8-22-12/h3,5-8H,2,4,9H2,1H3,(H,18,21). The van der Waals surface area contributed by atoms with Crippen LogP contribution in [0.15, 0.2) is 35.2 Å². The third-order valence-corrected chi connectivity index (χ3v) is 3.96. The number of nitrogens with one attached hydrogen (secondary N) is 1. The van der Waals surface area contributed by atoms with E-state index in [4.69, 9.17) is 4.42 Å². The predicted molar refractivity (Wildman–Crippen MR) is 84.8 cm³/mol. The molecule has 0 atom stereocenters. The molecular weight excluding hydrogens is 314 g/mol. The fourth-order valence-corrected chi connectivity index (χ4v) is 2.77. The molecule has 118 valence electrons. The van der Waals surface area contributed by atoms with Gasteiger partial charge in [-0.25, -0.2) is 4.98 Å². The Hall–Kier alpha value is -2.61. The van der Waals surface area contributed by atoms with E-state index >= 15 is 0 Å². The van der Waals surface area contributed by atoms with Gasteiger partial charge in [0.1, 0.15) is 10.6 Å². The van der Waals surface area contributed by atoms with Crippen LogP contribution in [-0.2, 0) is 13.0 Å². The molecule has 1 amide bonds. The second kappa shape index (κ2) is 7.10. The van der Waals surface area contributed by atoms with Gasteiger partial charge in [0.05, 0.1) is 24.2 Å². The second-order valence-electron chi connectivity index (χ2n) is 4.81. The van der Waals surface area contributed by atoms with E-state index in [0.717, 1.165) is 30.1 Å². The zero-order chi connectivity index (χ0) is 16.1. The van der Waals surface area contributed by atoms with Crippen molar-refractivity contribution < 1.29 is 9.21 Å². The van der Waals surface area contributed by atoms with E-state index in [1.54, 1.807) is 24.7 Å². The number of carbonyl (C=O) groups excluding carboxylic acids is 1. The van der Waals surface area contributed by atoms with Gasteiger partial charge in [0.25, 0.3) is 5.91 Å². The van der Waals surface area contributed by atoms with Crippen LogP contribution in [0.2, 0.25) is 0 Å². The van der Waals surface area contributed by atoms with E-state index < -0.39 is 0 Å². The van der Waals surface area contributed by atoms with Gasteiger partial charge in [-0.1, -0.05) is 17.8 Å². The molecule has 1 N–H and O–H groups in total. The summed E-state index contributed by atoms with van der Waals surface area (Å²) < 4.78 is 9.22. The van der Waals surface area contributed by atoms with Gasteiger partial charge >= 0.3 is 0 Å². The normalized spacial score (nSPS) is 10.7. The highest BCUT2D eigenvalue weighted by molar-refractivity contribution is 7.08. The first-order chi connectivity index (χ1) is 11.3. The van der Waals surface area contributed by atoms with Crippen LogP contribution in [0.1, 0.15) is 34.4 Å². The Balaban J connectivity index is 1.74. The van der Waals surface area contributed by atoms with E-state index in [-0.39, 0.29) is 12.5 Å². The Kier molecular flexibility index (Phi) is 4.72. The lowest BCUT2D eigenvalue weighted by molar-refractivity contribution is 0.0953. The molecule has 3 aromatic rings. The molecule has 23 heavy (non-hydrogen) atoms. The predicted octanol–water partition coefficient (Wildman–Crippen LogP) is 2.47. The van der Waals surface area contributed by atoms with Crippen LogP contribution in [-0.4, -0.2) is 25.5 Å². The van der Waals surface area contributed by atoms with Gasteiger partial charge in [-0.15, -0.1) is 5.10 Å². The van der Waals surface area contributed by atoms with E-state index in [1.807, 2.05) is 13.0 Å². The van der Waals surface area contributed by atoms with Crippen molar-refractivity contribution in [1.29, 1.82) is 0 Å². The monoisotopic (exact) mass is 329 g/mol. The highest BCUT2D eigenvalue weighted by Gasteiger charge is 2.17. The molecule has 0 saturated heterocycles. The number of hydrogen-bond acceptors (Lipinski definition) is 7. The van der Waals surface area contributed by atoms with Crippen molar-refractivity contribution >= 4 is 17.4 Å². The van der Waals surface area contributed by atoms with Gasteiger partial charge in [0, 0.05) is 12.4 Å². The van der Waals surface area contributed by atoms with Crippen molar-refractivity contribution in [2.75, 3.05) is 0 Å². The highest BCUT2D eigenvalue weighted by Crippen LogP contribution is 2.20. The summed E-state index contributed by atoms with van der Waals surface area (Å²) in [4.78, 5) is 21.4. The molecule has 3 rings (SSSR count). The minimum atomic E-state index is -0.195. The molecule has 0 aliphatic heterocycles. The third-order valence-electron chi connectivity index (χ3n) is 3.19. The zero-order valence-corrected chi connectivity index (χ0v) is 13.3. The number of aromatic nitrogens is 4. The first-order valence-corrected chi connectivity index (χ1v) is 8.00. The molecule has 0 unspecified atom stereocenters. The van der Waals surface area contributed by atoms with E-state index in [0.29, 0.717) is 22.0 Å². The highest BCUT2D eigenvalue weighted by atomic mass is 32.1. The van der Waals surface area contributed by atoms with Crippen LogP contribution < -0.4 is 5.32 Å². The molecule has 0 spiro atoms. The lowest BCUT2D eigenvalue weighted by Crippen LogP contribution is -2.24. The molecule has 8 heteroatoms. The second-order valence-corrected chi connectivity index (χ2v) is 5.56. The molecule has 0 aromatic carbocycles. The van der Waals surface area contributed by atoms with Crippen LogP contribution in [0.25, 0.3) is 11.5 Å². The maximum absolute atomic E-state index is 12.3. The SMILES string of the molecule is CCCc1nnsc1C(=O)NCc1nccnc1-c1ccco1. The summed E-state index contributed by atoms with van der Waals surface area (Å²) >= 11 is 1.11. The fraction of sp³-hybridized carbons (Fsp3) is 0.267. The Morgan fingerprint density at radius 1 is 1.30 bits per heavy atom. The van der Waals surface area contributed by atoms with Crippen molar-refractivity contribution in [3.8, 4) is 11.5 Å². The van der Waals surface area contributed by atoms with Crippen LogP contribution in [0, 0.1) is 0 Å². The van der Waals surface area contributed by atoms with E-state index in [9.17, 15) is 4.79 Å². The molecule has 0 bridgehead atoms. The third kappa shape index (κ3) is 3.42. The Morgan fingerprint density at radius 2 is 2.17 bits per heavy atom. The van der Waals surface area contributed by atoms with Gasteiger partial charge in [0.15, 0.2) is 5.76 Å². The number of furan rings is 1. The number of carbonyl (C=O) groups is 1. The molecule has 0 fully saturated rings. The van der Waals surface area contributed by atoms with Gasteiger partial charge in [0.2, 0.25) is 0 Å². The Morgan fingerprint density at radius 3 is 2.96 bits per heavy atom. The van der Waals surface area contributed by atoms with Crippen LogP contribution in [0.5, 0.6) is 0 Å². The molecule has 0 aliphatic rings. The molecule has 0 radical (unpaired) electrons. The smallest absolute Gasteiger partial charge is 0.265 e. The number of rotatable bonds is 6. The van der Waals surface area contributed by atoms with Gasteiger partial charge < -0.3 is 9.73 Å². The summed E-state index contributed by atoms with van der Waals surface area (Å²) in [6.45, 7) is 2.29. The average Bonchev–Trinajstić information content (AvgIpc) is 3.25. The maximum atomic E-state index is 12.3. The average molecular weight is 329 g/mol. The van der Waals surface area contributed by atoms with Crippen molar-refractivity contribution in [2.24, 2.45) is 0 Å². The lowest BCUT2D eigenvalue weighted by Gasteiger charge is -2.07. The van der Waals surface area contributed by atoms with Gasteiger partial charge in [-0.3, -0.25) is 9.78 Å². The van der Waals surface area contributed by atoms with E-state index in [1.165, 1.54) is 0 Å². The molecule has 7 nitrogen and oxygen atoms in total. The van der Waals surface area contributed by atoms with E-state index in [2.05, 4.69) is 24.9 Å². The Bertz CT molecular complexity index is 785. The lowest BCUT2D eigenvalue weighted by atomic mass is 10.2. The number of amides is 1. The summed E-state index contributed by atoms with van der Waals surface area (Å²) in [6.07, 6.45) is 6.41. The zero-order valence-electron chi connectivity index (χ0n) is 12.5. The minimum absolute atomic E-state index is 0.195. The molecule has 3 heterocycles. The van der Waals surface area contributed by atoms with Crippen LogP contribution >= 0.6 is 11.5 Å². The largest absolute Gasteiger partial charge is 0.463 e. The summed E-state index contributed by atoms with van der Waals surface area (Å²) in [5.74, 6) is 0.424. The fourth-order valence-electron chi connectivity index (χ4n) is 2.14. The summed E-state index contributed by atoms with van der Waals surface area (Å²) in [6, 6.07) is 3.59. The van der Waals surface area contributed by atoms with Crippen molar-refractivity contribution in [2.45, 2.75) is 26.3 Å². The quantitative estimate of drug-likeness (QED) is 0.746. The molecule has 0 aliphatic carbocycles. The van der Waals surface area contributed by atoms with Gasteiger partial charge in [-0.05, 0) is 30.1 Å². The topological polar surface area (TPSA) is 93.8 Å². The van der Waals surface area contributed by atoms with Crippen LogP contribution in [0.3, 0.4) is 0 Å². The van der Waals surface area contributed by atoms with Crippen molar-refractivity contribution in [3.63, 3.8) is 0 Å². The number of aryl methyl sites for hydroxylation is 1. The van der Waals surface area contributed by atoms with Crippen molar-refractivity contribution in [1.82, 2.24) is 24.9 Å². The Labute approximate surface area is 137 Å². The number of nitrogens with zero attached hydrogens (tertiary/aromatic N) is 4. The van der Waals surface area contributed by atoms with Crippen LogP contribution in [0.4, 0.5) is 0 Å². The first-order valence-electron chi connectivity index (χ1n) is 7.22. The minimum Gasteiger partial charge on any atom is -0.463 e. The molecule has 0 saturated carbocycles. The van der Waals surface area contributed by atoms with Crippen molar-refractivity contribution in [3.05, 3.63) is 47.1 Å². The summed E-state index contributed by atoms with van der Waals surface area (Å²) in [7, 11) is 0. The summed E-state index contributed by atoms with van der Waals surface area (Å²) in [5, 5.41) is 6.85. The summed E-state index contributed by atoms with van der Waals surface area (Å²) in [5.41, 5.74) is 2.00. The first kappa shape index (κ1) is 15.3.